The SMILES string of the molecule is O=C1CC[C@H](N2Cc3c(ccc4c3OC[C@H](CN3CCC5(CC3)CCN(c3ccc([C@@H]6c7ccc(O)cc7CC[C@@H]6c6ccccc6)cc3)CC5)O4)C2=O)C(=O)N1. The predicted molar refractivity (Wildman–Crippen MR) is 216 cm³/mol. The number of amides is 3. The second-order valence-corrected chi connectivity index (χ2v) is 17.2. The van der Waals surface area contributed by atoms with Crippen molar-refractivity contribution in [1.29, 1.82) is 0 Å². The minimum Gasteiger partial charge on any atom is -0.508 e. The zero-order valence-corrected chi connectivity index (χ0v) is 32.3. The third-order valence-corrected chi connectivity index (χ3v) is 14.0. The molecule has 5 heterocycles. The number of carbonyl (C=O) groups excluding carboxylic acids is 3. The van der Waals surface area contributed by atoms with Crippen molar-refractivity contribution in [2.24, 2.45) is 5.41 Å². The van der Waals surface area contributed by atoms with E-state index in [-0.39, 0.29) is 36.8 Å². The standard InChI is InChI=1S/C47H50N4O6/c52-34-11-13-37-32(26-34)8-12-36(30-4-2-1-3-5-30)43(37)31-6-9-33(10-7-31)50-24-20-47(21-25-50)18-22-49(23-19-47)27-35-29-56-44-39-28-51(40-15-17-42(53)48-45(40)54)46(55)38(39)14-16-41(44)57-35/h1-7,9-11,13-14,16,26,35-36,40,43,52H,8,12,15,17-25,27-29H2,(H,48,53,54)/t35-,36+,40-,43-/m0/s1. The Morgan fingerprint density at radius 1 is 0.807 bits per heavy atom. The summed E-state index contributed by atoms with van der Waals surface area (Å²) in [6.45, 7) is 5.71. The maximum atomic E-state index is 13.3. The summed E-state index contributed by atoms with van der Waals surface area (Å²) in [4.78, 5) is 44.1. The predicted octanol–water partition coefficient (Wildman–Crippen LogP) is 6.54. The highest BCUT2D eigenvalue weighted by atomic mass is 16.6. The van der Waals surface area contributed by atoms with Crippen LogP contribution in [0, 0.1) is 5.41 Å². The number of ether oxygens (including phenoxy) is 2. The molecule has 294 valence electrons. The molecule has 10 rings (SSSR count). The Bertz CT molecular complexity index is 2190. The Morgan fingerprint density at radius 3 is 2.35 bits per heavy atom. The molecule has 10 heteroatoms. The highest BCUT2D eigenvalue weighted by Gasteiger charge is 2.43. The molecule has 0 radical (unpaired) electrons. The van der Waals surface area contributed by atoms with Gasteiger partial charge in [0.1, 0.15) is 24.5 Å². The number of aromatic hydroxyl groups is 1. The molecule has 0 saturated carbocycles. The summed E-state index contributed by atoms with van der Waals surface area (Å²) in [6.07, 6.45) is 7.27. The molecule has 4 atom stereocenters. The van der Waals surface area contributed by atoms with Gasteiger partial charge >= 0.3 is 0 Å². The molecule has 0 bridgehead atoms. The van der Waals surface area contributed by atoms with Crippen molar-refractivity contribution >= 4 is 23.4 Å². The first-order chi connectivity index (χ1) is 27.8. The van der Waals surface area contributed by atoms with Crippen LogP contribution in [0.4, 0.5) is 5.69 Å². The Balaban J connectivity index is 0.738. The lowest BCUT2D eigenvalue weighted by Gasteiger charge is -2.48. The van der Waals surface area contributed by atoms with Gasteiger partial charge in [-0.2, -0.15) is 0 Å². The number of likely N-dealkylation sites (tertiary alicyclic amines) is 1. The van der Waals surface area contributed by atoms with Crippen LogP contribution in [0.2, 0.25) is 0 Å². The summed E-state index contributed by atoms with van der Waals surface area (Å²) in [7, 11) is 0. The normalized spacial score (nSPS) is 25.6. The van der Waals surface area contributed by atoms with Crippen LogP contribution in [0.1, 0.15) is 95.0 Å². The van der Waals surface area contributed by atoms with E-state index in [1.807, 2.05) is 18.2 Å². The second kappa shape index (κ2) is 14.5. The number of anilines is 1. The summed E-state index contributed by atoms with van der Waals surface area (Å²) in [5, 5.41) is 12.6. The van der Waals surface area contributed by atoms with Crippen molar-refractivity contribution < 1.29 is 29.0 Å². The fourth-order valence-corrected chi connectivity index (χ4v) is 10.7. The fourth-order valence-electron chi connectivity index (χ4n) is 10.7. The van der Waals surface area contributed by atoms with Crippen LogP contribution in [0.5, 0.6) is 17.2 Å². The number of rotatable bonds is 6. The number of benzene rings is 4. The molecule has 3 amide bonds. The van der Waals surface area contributed by atoms with Crippen LogP contribution in [-0.2, 0) is 22.6 Å². The summed E-state index contributed by atoms with van der Waals surface area (Å²) in [5.41, 5.74) is 8.30. The van der Waals surface area contributed by atoms with Gasteiger partial charge in [-0.15, -0.1) is 0 Å². The number of imide groups is 1. The molecule has 0 aromatic heterocycles. The molecule has 2 N–H and O–H groups in total. The first kappa shape index (κ1) is 36.0. The molecule has 57 heavy (non-hydrogen) atoms. The zero-order chi connectivity index (χ0) is 38.7. The molecule has 5 aliphatic heterocycles. The van der Waals surface area contributed by atoms with Crippen LogP contribution >= 0.6 is 0 Å². The number of piperidine rings is 3. The molecule has 10 nitrogen and oxygen atoms in total. The van der Waals surface area contributed by atoms with E-state index >= 15 is 0 Å². The number of nitrogens with zero attached hydrogens (tertiary/aromatic N) is 3. The number of aryl methyl sites for hydroxylation is 1. The molecular weight excluding hydrogens is 717 g/mol. The van der Waals surface area contributed by atoms with Crippen LogP contribution in [0.25, 0.3) is 0 Å². The van der Waals surface area contributed by atoms with Crippen molar-refractivity contribution in [3.63, 3.8) is 0 Å². The minimum absolute atomic E-state index is 0.102. The van der Waals surface area contributed by atoms with E-state index in [0.29, 0.717) is 47.2 Å². The van der Waals surface area contributed by atoms with Crippen molar-refractivity contribution in [3.8, 4) is 17.2 Å². The van der Waals surface area contributed by atoms with Gasteiger partial charge in [-0.3, -0.25) is 24.6 Å². The highest BCUT2D eigenvalue weighted by molar-refractivity contribution is 6.05. The monoisotopic (exact) mass is 766 g/mol. The lowest BCUT2D eigenvalue weighted by Crippen LogP contribution is -2.52. The van der Waals surface area contributed by atoms with Crippen molar-refractivity contribution in [2.45, 2.75) is 81.9 Å². The maximum Gasteiger partial charge on any atom is 0.255 e. The Labute approximate surface area is 333 Å². The van der Waals surface area contributed by atoms with Crippen molar-refractivity contribution in [1.82, 2.24) is 15.1 Å². The Morgan fingerprint density at radius 2 is 1.58 bits per heavy atom. The second-order valence-electron chi connectivity index (χ2n) is 17.2. The Hall–Kier alpha value is -5.35. The number of phenolic OH excluding ortho intramolecular Hbond substituents is 1. The van der Waals surface area contributed by atoms with Crippen LogP contribution in [-0.4, -0.2) is 84.1 Å². The summed E-state index contributed by atoms with van der Waals surface area (Å²) in [5.74, 6) is 1.33. The highest BCUT2D eigenvalue weighted by Crippen LogP contribution is 2.48. The number of fused-ring (bicyclic) bond motifs is 4. The molecule has 3 saturated heterocycles. The number of hydrogen-bond acceptors (Lipinski definition) is 8. The van der Waals surface area contributed by atoms with Crippen molar-refractivity contribution in [2.75, 3.05) is 44.2 Å². The largest absolute Gasteiger partial charge is 0.508 e. The molecule has 0 unspecified atom stereocenters. The topological polar surface area (TPSA) is 112 Å². The third kappa shape index (κ3) is 6.71. The van der Waals surface area contributed by atoms with Gasteiger partial charge in [0.05, 0.1) is 6.54 Å². The molecule has 6 aliphatic rings. The van der Waals surface area contributed by atoms with Gasteiger partial charge in [-0.25, -0.2) is 0 Å². The van der Waals surface area contributed by atoms with Gasteiger partial charge < -0.3 is 24.4 Å². The van der Waals surface area contributed by atoms with E-state index in [9.17, 15) is 19.5 Å². The summed E-state index contributed by atoms with van der Waals surface area (Å²) in [6, 6.07) is 29.2. The summed E-state index contributed by atoms with van der Waals surface area (Å²) < 4.78 is 12.8. The smallest absolute Gasteiger partial charge is 0.255 e. The molecule has 1 aliphatic carbocycles. The molecule has 1 spiro atoms. The number of phenols is 1. The van der Waals surface area contributed by atoms with Gasteiger partial charge in [0.25, 0.3) is 5.91 Å². The fraction of sp³-hybridized carbons (Fsp3) is 0.426. The summed E-state index contributed by atoms with van der Waals surface area (Å²) >= 11 is 0. The lowest BCUT2D eigenvalue weighted by molar-refractivity contribution is -0.136. The Kier molecular flexibility index (Phi) is 9.19. The average molecular weight is 767 g/mol. The van der Waals surface area contributed by atoms with Gasteiger partial charge in [-0.1, -0.05) is 48.5 Å². The minimum atomic E-state index is -0.658. The van der Waals surface area contributed by atoms with E-state index in [0.717, 1.165) is 51.1 Å². The average Bonchev–Trinajstić information content (AvgIpc) is 3.57. The van der Waals surface area contributed by atoms with Gasteiger partial charge in [0, 0.05) is 48.8 Å². The molecule has 4 aromatic carbocycles. The number of carbonyl (C=O) groups is 3. The van der Waals surface area contributed by atoms with E-state index in [4.69, 9.17) is 9.47 Å². The van der Waals surface area contributed by atoms with E-state index in [1.54, 1.807) is 11.0 Å². The third-order valence-electron chi connectivity index (χ3n) is 14.0. The zero-order valence-electron chi connectivity index (χ0n) is 32.3. The lowest BCUT2D eigenvalue weighted by atomic mass is 9.69. The van der Waals surface area contributed by atoms with E-state index in [2.05, 4.69) is 75.8 Å². The van der Waals surface area contributed by atoms with E-state index in [1.165, 1.54) is 53.6 Å². The maximum absolute atomic E-state index is 13.3. The quantitative estimate of drug-likeness (QED) is 0.213. The first-order valence-electron chi connectivity index (χ1n) is 20.8. The van der Waals surface area contributed by atoms with Gasteiger partial charge in [0.2, 0.25) is 11.8 Å². The molecular formula is C47H50N4O6. The van der Waals surface area contributed by atoms with Gasteiger partial charge in [0.15, 0.2) is 11.5 Å². The number of nitrogens with one attached hydrogen (secondary N) is 1. The van der Waals surface area contributed by atoms with Gasteiger partial charge in [-0.05, 0) is 128 Å². The first-order valence-corrected chi connectivity index (χ1v) is 20.8. The molecule has 3 fully saturated rings. The van der Waals surface area contributed by atoms with Crippen LogP contribution in [0.3, 0.4) is 0 Å². The molecule has 4 aromatic rings. The van der Waals surface area contributed by atoms with Crippen molar-refractivity contribution in [3.05, 3.63) is 118 Å². The van der Waals surface area contributed by atoms with Crippen LogP contribution < -0.4 is 19.7 Å². The number of hydrogen-bond donors (Lipinski definition) is 2. The van der Waals surface area contributed by atoms with Crippen LogP contribution in [0.15, 0.2) is 84.9 Å². The van der Waals surface area contributed by atoms with E-state index < -0.39 is 11.9 Å².